The summed E-state index contributed by atoms with van der Waals surface area (Å²) in [5.41, 5.74) is 1.55. The Labute approximate surface area is 131 Å². The molecule has 1 saturated carbocycles. The molecule has 2 rings (SSSR count). The van der Waals surface area contributed by atoms with E-state index in [0.717, 1.165) is 31.2 Å². The van der Waals surface area contributed by atoms with Crippen LogP contribution in [0.2, 0.25) is 0 Å². The minimum atomic E-state index is -0.809. The minimum Gasteiger partial charge on any atom is -0.481 e. The summed E-state index contributed by atoms with van der Waals surface area (Å²) in [7, 11) is 0. The van der Waals surface area contributed by atoms with E-state index in [-0.39, 0.29) is 5.91 Å². The number of hydrogen-bond donors (Lipinski definition) is 2. The molecule has 0 radical (unpaired) electrons. The van der Waals surface area contributed by atoms with Gasteiger partial charge in [-0.1, -0.05) is 44.0 Å². The lowest BCUT2D eigenvalue weighted by Crippen LogP contribution is -2.55. The van der Waals surface area contributed by atoms with E-state index in [4.69, 9.17) is 0 Å². The van der Waals surface area contributed by atoms with Crippen molar-refractivity contribution >= 4 is 11.9 Å². The second kappa shape index (κ2) is 6.95. The van der Waals surface area contributed by atoms with Crippen LogP contribution in [0.25, 0.3) is 0 Å². The van der Waals surface area contributed by atoms with E-state index in [1.807, 2.05) is 31.2 Å². The highest BCUT2D eigenvalue weighted by Crippen LogP contribution is 2.34. The second-order valence-electron chi connectivity index (χ2n) is 6.40. The van der Waals surface area contributed by atoms with Crippen molar-refractivity contribution < 1.29 is 14.7 Å². The minimum absolute atomic E-state index is 0.0865. The van der Waals surface area contributed by atoms with E-state index in [1.165, 1.54) is 5.56 Å². The van der Waals surface area contributed by atoms with Gasteiger partial charge in [-0.05, 0) is 37.3 Å². The Hall–Kier alpha value is -1.84. The van der Waals surface area contributed by atoms with Crippen molar-refractivity contribution in [1.82, 2.24) is 5.32 Å². The van der Waals surface area contributed by atoms with Gasteiger partial charge in [-0.15, -0.1) is 0 Å². The molecule has 0 spiro atoms. The zero-order valence-corrected chi connectivity index (χ0v) is 13.4. The van der Waals surface area contributed by atoms with Crippen molar-refractivity contribution in [1.29, 1.82) is 0 Å². The molecule has 1 aromatic rings. The molecule has 0 aliphatic heterocycles. The molecule has 2 unspecified atom stereocenters. The van der Waals surface area contributed by atoms with Crippen LogP contribution in [-0.4, -0.2) is 22.5 Å². The predicted octanol–water partition coefficient (Wildman–Crippen LogP) is 2.94. The molecule has 1 aliphatic carbocycles. The molecule has 2 atom stereocenters. The van der Waals surface area contributed by atoms with Crippen molar-refractivity contribution in [3.63, 3.8) is 0 Å². The average Bonchev–Trinajstić information content (AvgIpc) is 2.47. The number of aryl methyl sites for hydroxylation is 1. The van der Waals surface area contributed by atoms with E-state index in [9.17, 15) is 14.7 Å². The summed E-state index contributed by atoms with van der Waals surface area (Å²) >= 11 is 0. The molecule has 0 aromatic heterocycles. The highest BCUT2D eigenvalue weighted by molar-refractivity contribution is 5.81. The lowest BCUT2D eigenvalue weighted by molar-refractivity contribution is -0.146. The van der Waals surface area contributed by atoms with Gasteiger partial charge in [0.05, 0.1) is 17.9 Å². The van der Waals surface area contributed by atoms with E-state index >= 15 is 0 Å². The van der Waals surface area contributed by atoms with Crippen LogP contribution in [0.5, 0.6) is 0 Å². The Morgan fingerprint density at radius 1 is 1.27 bits per heavy atom. The number of aliphatic carboxylic acids is 1. The third-order valence-corrected chi connectivity index (χ3v) is 4.78. The third-order valence-electron chi connectivity index (χ3n) is 4.78. The van der Waals surface area contributed by atoms with Gasteiger partial charge in [0.15, 0.2) is 0 Å². The maximum Gasteiger partial charge on any atom is 0.308 e. The van der Waals surface area contributed by atoms with Crippen LogP contribution in [0.15, 0.2) is 24.3 Å². The van der Waals surface area contributed by atoms with Crippen molar-refractivity contribution in [2.24, 2.45) is 5.92 Å². The SMILES string of the molecule is CCc1ccccc1CC(=O)NC1(C)CCCCC1C(=O)O. The summed E-state index contributed by atoms with van der Waals surface area (Å²) in [5.74, 6) is -1.39. The standard InChI is InChI=1S/C18H25NO3/c1-3-13-8-4-5-9-14(13)12-16(20)19-18(2)11-7-6-10-15(18)17(21)22/h4-5,8-9,15H,3,6-7,10-12H2,1-2H3,(H,19,20)(H,21,22). The number of benzene rings is 1. The van der Waals surface area contributed by atoms with Gasteiger partial charge in [0, 0.05) is 0 Å². The van der Waals surface area contributed by atoms with Crippen LogP contribution < -0.4 is 5.32 Å². The van der Waals surface area contributed by atoms with Crippen LogP contribution in [0.1, 0.15) is 50.7 Å². The Kier molecular flexibility index (Phi) is 5.22. The molecule has 1 aromatic carbocycles. The monoisotopic (exact) mass is 303 g/mol. The molecular weight excluding hydrogens is 278 g/mol. The number of nitrogens with one attached hydrogen (secondary N) is 1. The molecule has 4 heteroatoms. The molecule has 0 heterocycles. The van der Waals surface area contributed by atoms with Gasteiger partial charge in [0.25, 0.3) is 0 Å². The molecule has 120 valence electrons. The fraction of sp³-hybridized carbons (Fsp3) is 0.556. The fourth-order valence-electron chi connectivity index (χ4n) is 3.49. The molecule has 0 bridgehead atoms. The maximum atomic E-state index is 12.4. The van der Waals surface area contributed by atoms with E-state index in [2.05, 4.69) is 12.2 Å². The summed E-state index contributed by atoms with van der Waals surface area (Å²) in [6.45, 7) is 3.94. The second-order valence-corrected chi connectivity index (χ2v) is 6.40. The summed E-state index contributed by atoms with van der Waals surface area (Å²) in [4.78, 5) is 23.9. The van der Waals surface area contributed by atoms with Gasteiger partial charge in [-0.25, -0.2) is 0 Å². The van der Waals surface area contributed by atoms with Crippen molar-refractivity contribution in [2.75, 3.05) is 0 Å². The lowest BCUT2D eigenvalue weighted by Gasteiger charge is -2.39. The average molecular weight is 303 g/mol. The Balaban J connectivity index is 2.08. The summed E-state index contributed by atoms with van der Waals surface area (Å²) < 4.78 is 0. The third kappa shape index (κ3) is 3.67. The normalized spacial score (nSPS) is 24.7. The van der Waals surface area contributed by atoms with Crippen molar-refractivity contribution in [2.45, 2.75) is 57.9 Å². The predicted molar refractivity (Wildman–Crippen MR) is 85.7 cm³/mol. The first-order valence-electron chi connectivity index (χ1n) is 8.07. The number of carbonyl (C=O) groups excluding carboxylic acids is 1. The Morgan fingerprint density at radius 3 is 2.59 bits per heavy atom. The fourth-order valence-corrected chi connectivity index (χ4v) is 3.49. The summed E-state index contributed by atoms with van der Waals surface area (Å²) in [6, 6.07) is 7.91. The van der Waals surface area contributed by atoms with Crippen LogP contribution >= 0.6 is 0 Å². The van der Waals surface area contributed by atoms with E-state index in [0.29, 0.717) is 12.8 Å². The van der Waals surface area contributed by atoms with Crippen LogP contribution in [0, 0.1) is 5.92 Å². The molecule has 4 nitrogen and oxygen atoms in total. The number of rotatable bonds is 5. The quantitative estimate of drug-likeness (QED) is 0.879. The zero-order chi connectivity index (χ0) is 16.2. The van der Waals surface area contributed by atoms with E-state index in [1.54, 1.807) is 0 Å². The Morgan fingerprint density at radius 2 is 1.95 bits per heavy atom. The number of carbonyl (C=O) groups is 2. The molecule has 1 fully saturated rings. The first-order chi connectivity index (χ1) is 10.5. The van der Waals surface area contributed by atoms with Gasteiger partial charge < -0.3 is 10.4 Å². The highest BCUT2D eigenvalue weighted by atomic mass is 16.4. The molecule has 1 amide bonds. The highest BCUT2D eigenvalue weighted by Gasteiger charge is 2.42. The summed E-state index contributed by atoms with van der Waals surface area (Å²) in [5, 5.41) is 12.4. The van der Waals surface area contributed by atoms with Gasteiger partial charge in [0.1, 0.15) is 0 Å². The van der Waals surface area contributed by atoms with Gasteiger partial charge in [0.2, 0.25) is 5.91 Å². The molecule has 2 N–H and O–H groups in total. The first kappa shape index (κ1) is 16.5. The first-order valence-corrected chi connectivity index (χ1v) is 8.07. The molecule has 1 aliphatic rings. The van der Waals surface area contributed by atoms with Crippen molar-refractivity contribution in [3.8, 4) is 0 Å². The number of amides is 1. The van der Waals surface area contributed by atoms with E-state index < -0.39 is 17.4 Å². The Bertz CT molecular complexity index is 555. The van der Waals surface area contributed by atoms with Crippen LogP contribution in [-0.2, 0) is 22.4 Å². The van der Waals surface area contributed by atoms with Gasteiger partial charge in [-0.3, -0.25) is 9.59 Å². The van der Waals surface area contributed by atoms with Crippen LogP contribution in [0.3, 0.4) is 0 Å². The van der Waals surface area contributed by atoms with Crippen LogP contribution in [0.4, 0.5) is 0 Å². The largest absolute Gasteiger partial charge is 0.481 e. The maximum absolute atomic E-state index is 12.4. The van der Waals surface area contributed by atoms with Crippen molar-refractivity contribution in [3.05, 3.63) is 35.4 Å². The lowest BCUT2D eigenvalue weighted by atomic mass is 9.73. The smallest absolute Gasteiger partial charge is 0.308 e. The van der Waals surface area contributed by atoms with Gasteiger partial charge in [-0.2, -0.15) is 0 Å². The number of carboxylic acid groups (broad SMARTS) is 1. The summed E-state index contributed by atoms with van der Waals surface area (Å²) in [6.07, 6.45) is 4.44. The molecular formula is C18H25NO3. The molecule has 0 saturated heterocycles. The molecule has 22 heavy (non-hydrogen) atoms. The topological polar surface area (TPSA) is 66.4 Å². The zero-order valence-electron chi connectivity index (χ0n) is 13.4. The van der Waals surface area contributed by atoms with Gasteiger partial charge >= 0.3 is 5.97 Å². The number of carboxylic acids is 1. The number of hydrogen-bond acceptors (Lipinski definition) is 2.